The fourth-order valence-corrected chi connectivity index (χ4v) is 3.33. The van der Waals surface area contributed by atoms with Gasteiger partial charge in [-0.25, -0.2) is 4.79 Å². The van der Waals surface area contributed by atoms with E-state index in [-0.39, 0.29) is 24.4 Å². The lowest BCUT2D eigenvalue weighted by Crippen LogP contribution is -2.46. The Morgan fingerprint density at radius 1 is 1.32 bits per heavy atom. The van der Waals surface area contributed by atoms with Gasteiger partial charge >= 0.3 is 6.03 Å². The number of anilines is 1. The Hall–Kier alpha value is -2.08. The molecule has 0 aliphatic carbocycles. The molecule has 0 spiro atoms. The molecule has 6 heteroatoms. The highest BCUT2D eigenvalue weighted by Gasteiger charge is 2.19. The van der Waals surface area contributed by atoms with E-state index in [0.29, 0.717) is 5.69 Å². The number of carbonyl (C=O) groups excluding carboxylic acids is 2. The smallest absolute Gasteiger partial charge is 0.319 e. The van der Waals surface area contributed by atoms with Crippen LogP contribution in [0.5, 0.6) is 0 Å². The van der Waals surface area contributed by atoms with E-state index in [2.05, 4.69) is 27.8 Å². The fraction of sp³-hybridized carbons (Fsp3) is 0.579. The Balaban J connectivity index is 1.86. The lowest BCUT2D eigenvalue weighted by Gasteiger charge is -2.32. The van der Waals surface area contributed by atoms with E-state index in [1.165, 1.54) is 12.8 Å². The first kappa shape index (κ1) is 19.2. The minimum absolute atomic E-state index is 0.0661. The third-order valence-corrected chi connectivity index (χ3v) is 4.55. The van der Waals surface area contributed by atoms with Gasteiger partial charge in [-0.3, -0.25) is 4.79 Å². The topological polar surface area (TPSA) is 73.5 Å². The summed E-state index contributed by atoms with van der Waals surface area (Å²) in [5.74, 6) is 0.647. The molecule has 1 aromatic carbocycles. The first-order chi connectivity index (χ1) is 12.0. The number of benzene rings is 1. The van der Waals surface area contributed by atoms with Crippen molar-refractivity contribution < 1.29 is 9.59 Å². The number of para-hydroxylation sites is 1. The highest BCUT2D eigenvalue weighted by Crippen LogP contribution is 2.17. The summed E-state index contributed by atoms with van der Waals surface area (Å²) in [5, 5.41) is 8.46. The van der Waals surface area contributed by atoms with Gasteiger partial charge in [0.05, 0.1) is 6.42 Å². The second kappa shape index (κ2) is 9.42. The quantitative estimate of drug-likeness (QED) is 0.739. The van der Waals surface area contributed by atoms with Gasteiger partial charge in [-0.2, -0.15) is 0 Å². The molecule has 0 bridgehead atoms. The third kappa shape index (κ3) is 6.38. The number of nitrogens with one attached hydrogen (secondary N) is 3. The molecule has 3 N–H and O–H groups in total. The average molecular weight is 346 g/mol. The van der Waals surface area contributed by atoms with Crippen LogP contribution in [-0.4, -0.2) is 49.6 Å². The maximum absolute atomic E-state index is 12.3. The van der Waals surface area contributed by atoms with Crippen LogP contribution in [0.2, 0.25) is 0 Å². The Morgan fingerprint density at radius 2 is 2.08 bits per heavy atom. The SMILES string of the molecule is CNC(=O)Cc1ccccc1NC(=O)N[C@H](C)CN1CCC[C@@H](C)C1. The van der Waals surface area contributed by atoms with Crippen molar-refractivity contribution in [2.75, 3.05) is 32.0 Å². The number of urea groups is 1. The molecule has 2 rings (SSSR count). The molecule has 0 aromatic heterocycles. The third-order valence-electron chi connectivity index (χ3n) is 4.55. The molecule has 0 unspecified atom stereocenters. The molecule has 25 heavy (non-hydrogen) atoms. The maximum Gasteiger partial charge on any atom is 0.319 e. The molecule has 3 amide bonds. The molecule has 1 aliphatic rings. The van der Waals surface area contributed by atoms with Crippen LogP contribution in [0.3, 0.4) is 0 Å². The molecule has 2 atom stereocenters. The van der Waals surface area contributed by atoms with Gasteiger partial charge in [-0.15, -0.1) is 0 Å². The summed E-state index contributed by atoms with van der Waals surface area (Å²) in [6.07, 6.45) is 2.77. The van der Waals surface area contributed by atoms with E-state index in [9.17, 15) is 9.59 Å². The summed E-state index contributed by atoms with van der Waals surface area (Å²) in [5.41, 5.74) is 1.47. The van der Waals surface area contributed by atoms with E-state index in [0.717, 1.165) is 31.1 Å². The van der Waals surface area contributed by atoms with Crippen LogP contribution in [0.25, 0.3) is 0 Å². The van der Waals surface area contributed by atoms with E-state index in [4.69, 9.17) is 0 Å². The Kier molecular flexibility index (Phi) is 7.25. The number of likely N-dealkylation sites (tertiary alicyclic amines) is 1. The zero-order valence-electron chi connectivity index (χ0n) is 15.5. The lowest BCUT2D eigenvalue weighted by atomic mass is 10.00. The van der Waals surface area contributed by atoms with Gasteiger partial charge in [0.1, 0.15) is 0 Å². The fourth-order valence-electron chi connectivity index (χ4n) is 3.33. The number of piperidine rings is 1. The molecular formula is C19H30N4O2. The van der Waals surface area contributed by atoms with Crippen molar-refractivity contribution in [3.63, 3.8) is 0 Å². The van der Waals surface area contributed by atoms with Crippen molar-refractivity contribution in [1.82, 2.24) is 15.5 Å². The van der Waals surface area contributed by atoms with E-state index in [1.807, 2.05) is 31.2 Å². The summed E-state index contributed by atoms with van der Waals surface area (Å²) >= 11 is 0. The molecule has 1 saturated heterocycles. The number of nitrogens with zero attached hydrogens (tertiary/aromatic N) is 1. The molecule has 6 nitrogen and oxygen atoms in total. The van der Waals surface area contributed by atoms with Crippen LogP contribution in [0.15, 0.2) is 24.3 Å². The van der Waals surface area contributed by atoms with E-state index in [1.54, 1.807) is 7.05 Å². The predicted octanol–water partition coefficient (Wildman–Crippen LogP) is 2.22. The monoisotopic (exact) mass is 346 g/mol. The number of likely N-dealkylation sites (N-methyl/N-ethyl adjacent to an activating group) is 1. The minimum atomic E-state index is -0.234. The van der Waals surface area contributed by atoms with Gasteiger partial charge < -0.3 is 20.9 Å². The number of amides is 3. The van der Waals surface area contributed by atoms with Crippen molar-refractivity contribution in [2.24, 2.45) is 5.92 Å². The van der Waals surface area contributed by atoms with Crippen molar-refractivity contribution in [1.29, 1.82) is 0 Å². The molecule has 0 radical (unpaired) electrons. The number of rotatable bonds is 6. The van der Waals surface area contributed by atoms with E-state index < -0.39 is 0 Å². The predicted molar refractivity (Wildman–Crippen MR) is 101 cm³/mol. The molecule has 138 valence electrons. The first-order valence-corrected chi connectivity index (χ1v) is 9.06. The highest BCUT2D eigenvalue weighted by molar-refractivity contribution is 5.91. The van der Waals surface area contributed by atoms with Gasteiger partial charge in [-0.1, -0.05) is 25.1 Å². The second-order valence-corrected chi connectivity index (χ2v) is 7.01. The zero-order chi connectivity index (χ0) is 18.2. The lowest BCUT2D eigenvalue weighted by molar-refractivity contribution is -0.119. The van der Waals surface area contributed by atoms with Gasteiger partial charge in [0, 0.05) is 31.9 Å². The molecular weight excluding hydrogens is 316 g/mol. The van der Waals surface area contributed by atoms with Crippen molar-refractivity contribution in [3.8, 4) is 0 Å². The van der Waals surface area contributed by atoms with Gasteiger partial charge in [0.2, 0.25) is 5.91 Å². The summed E-state index contributed by atoms with van der Waals surface area (Å²) in [6, 6.07) is 7.21. The molecule has 0 saturated carbocycles. The molecule has 1 heterocycles. The summed E-state index contributed by atoms with van der Waals surface area (Å²) in [7, 11) is 1.61. The van der Waals surface area contributed by atoms with Crippen molar-refractivity contribution >= 4 is 17.6 Å². The molecule has 1 fully saturated rings. The van der Waals surface area contributed by atoms with Crippen LogP contribution in [0, 0.1) is 5.92 Å². The van der Waals surface area contributed by atoms with Gasteiger partial charge in [0.25, 0.3) is 0 Å². The Morgan fingerprint density at radius 3 is 2.80 bits per heavy atom. The van der Waals surface area contributed by atoms with Crippen LogP contribution < -0.4 is 16.0 Å². The maximum atomic E-state index is 12.3. The van der Waals surface area contributed by atoms with Crippen LogP contribution >= 0.6 is 0 Å². The zero-order valence-corrected chi connectivity index (χ0v) is 15.5. The van der Waals surface area contributed by atoms with Crippen LogP contribution in [0.1, 0.15) is 32.3 Å². The summed E-state index contributed by atoms with van der Waals surface area (Å²) < 4.78 is 0. The first-order valence-electron chi connectivity index (χ1n) is 9.06. The summed E-state index contributed by atoms with van der Waals surface area (Å²) in [4.78, 5) is 26.3. The van der Waals surface area contributed by atoms with Crippen molar-refractivity contribution in [2.45, 2.75) is 39.2 Å². The number of hydrogen-bond acceptors (Lipinski definition) is 3. The van der Waals surface area contributed by atoms with E-state index >= 15 is 0 Å². The molecule has 1 aromatic rings. The largest absolute Gasteiger partial charge is 0.359 e. The number of hydrogen-bond donors (Lipinski definition) is 3. The normalized spacial score (nSPS) is 19.1. The highest BCUT2D eigenvalue weighted by atomic mass is 16.2. The Labute approximate surface area is 150 Å². The molecule has 1 aliphatic heterocycles. The summed E-state index contributed by atoms with van der Waals surface area (Å²) in [6.45, 7) is 7.36. The minimum Gasteiger partial charge on any atom is -0.359 e. The van der Waals surface area contributed by atoms with Crippen LogP contribution in [-0.2, 0) is 11.2 Å². The van der Waals surface area contributed by atoms with Gasteiger partial charge in [-0.05, 0) is 43.9 Å². The average Bonchev–Trinajstić information content (AvgIpc) is 2.56. The number of carbonyl (C=O) groups is 2. The van der Waals surface area contributed by atoms with Crippen LogP contribution in [0.4, 0.5) is 10.5 Å². The standard InChI is InChI=1S/C19H30N4O2/c1-14-7-6-10-23(12-14)13-15(2)21-19(25)22-17-9-5-4-8-16(17)11-18(24)20-3/h4-5,8-9,14-15H,6-7,10-13H2,1-3H3,(H,20,24)(H2,21,22,25)/t14-,15-/m1/s1. The Bertz CT molecular complexity index is 591. The van der Waals surface area contributed by atoms with Crippen molar-refractivity contribution in [3.05, 3.63) is 29.8 Å². The second-order valence-electron chi connectivity index (χ2n) is 7.01. The van der Waals surface area contributed by atoms with Gasteiger partial charge in [0.15, 0.2) is 0 Å².